The van der Waals surface area contributed by atoms with Gasteiger partial charge in [-0.05, 0) is 48.3 Å². The standard InChI is InChI=1S/C17H28N2/c1-13-9-10-18-11-14(13)12-19-16-8-6-5-7-15(16)17(2,3)4/h9-11,15-16,19H,5-8,12H2,1-4H3. The average molecular weight is 260 g/mol. The second kappa shape index (κ2) is 6.04. The first-order chi connectivity index (χ1) is 8.98. The smallest absolute Gasteiger partial charge is 0.0315 e. The maximum Gasteiger partial charge on any atom is 0.0315 e. The predicted molar refractivity (Wildman–Crippen MR) is 81.0 cm³/mol. The van der Waals surface area contributed by atoms with Crippen molar-refractivity contribution in [2.75, 3.05) is 0 Å². The summed E-state index contributed by atoms with van der Waals surface area (Å²) in [6.45, 7) is 10.3. The fraction of sp³-hybridized carbons (Fsp3) is 0.706. The molecule has 2 rings (SSSR count). The zero-order valence-electron chi connectivity index (χ0n) is 12.9. The highest BCUT2D eigenvalue weighted by atomic mass is 14.9. The van der Waals surface area contributed by atoms with Crippen LogP contribution in [0, 0.1) is 18.3 Å². The lowest BCUT2D eigenvalue weighted by molar-refractivity contribution is 0.130. The molecule has 1 aliphatic carbocycles. The number of rotatable bonds is 3. The van der Waals surface area contributed by atoms with Crippen molar-refractivity contribution in [1.82, 2.24) is 10.3 Å². The first-order valence-corrected chi connectivity index (χ1v) is 7.61. The number of hydrogen-bond acceptors (Lipinski definition) is 2. The third kappa shape index (κ3) is 3.79. The lowest BCUT2D eigenvalue weighted by Crippen LogP contribution is -2.44. The van der Waals surface area contributed by atoms with E-state index in [-0.39, 0.29) is 0 Å². The molecule has 0 spiro atoms. The van der Waals surface area contributed by atoms with E-state index in [1.807, 2.05) is 12.4 Å². The van der Waals surface area contributed by atoms with E-state index in [1.165, 1.54) is 36.8 Å². The van der Waals surface area contributed by atoms with Crippen LogP contribution in [0.15, 0.2) is 18.5 Å². The summed E-state index contributed by atoms with van der Waals surface area (Å²) < 4.78 is 0. The number of aryl methyl sites for hydroxylation is 1. The van der Waals surface area contributed by atoms with E-state index in [4.69, 9.17) is 0 Å². The predicted octanol–water partition coefficient (Wildman–Crippen LogP) is 4.08. The SMILES string of the molecule is Cc1ccncc1CNC1CCCCC1C(C)(C)C. The van der Waals surface area contributed by atoms with Gasteiger partial charge in [-0.15, -0.1) is 0 Å². The molecule has 1 aromatic heterocycles. The lowest BCUT2D eigenvalue weighted by Gasteiger charge is -2.41. The molecule has 0 radical (unpaired) electrons. The van der Waals surface area contributed by atoms with Gasteiger partial charge in [0.15, 0.2) is 0 Å². The molecule has 0 bridgehead atoms. The first kappa shape index (κ1) is 14.5. The molecule has 1 aromatic rings. The molecule has 2 nitrogen and oxygen atoms in total. The van der Waals surface area contributed by atoms with Gasteiger partial charge in [0.1, 0.15) is 0 Å². The highest BCUT2D eigenvalue weighted by molar-refractivity contribution is 5.21. The van der Waals surface area contributed by atoms with E-state index in [1.54, 1.807) is 0 Å². The third-order valence-corrected chi connectivity index (χ3v) is 4.58. The number of aromatic nitrogens is 1. The fourth-order valence-corrected chi connectivity index (χ4v) is 3.33. The van der Waals surface area contributed by atoms with Crippen LogP contribution < -0.4 is 5.32 Å². The minimum absolute atomic E-state index is 0.405. The van der Waals surface area contributed by atoms with E-state index < -0.39 is 0 Å². The number of pyridine rings is 1. The number of nitrogens with zero attached hydrogens (tertiary/aromatic N) is 1. The summed E-state index contributed by atoms with van der Waals surface area (Å²) in [7, 11) is 0. The van der Waals surface area contributed by atoms with Crippen LogP contribution in [-0.2, 0) is 6.54 Å². The second-order valence-electron chi connectivity index (χ2n) is 7.05. The van der Waals surface area contributed by atoms with Gasteiger partial charge >= 0.3 is 0 Å². The highest BCUT2D eigenvalue weighted by Gasteiger charge is 2.33. The molecule has 2 heteroatoms. The maximum atomic E-state index is 4.24. The molecule has 2 atom stereocenters. The molecular weight excluding hydrogens is 232 g/mol. The van der Waals surface area contributed by atoms with Gasteiger partial charge in [-0.3, -0.25) is 4.98 Å². The maximum absolute atomic E-state index is 4.24. The van der Waals surface area contributed by atoms with Gasteiger partial charge in [-0.1, -0.05) is 33.6 Å². The van der Waals surface area contributed by atoms with Crippen molar-refractivity contribution < 1.29 is 0 Å². The van der Waals surface area contributed by atoms with Crippen molar-refractivity contribution in [3.8, 4) is 0 Å². The summed E-state index contributed by atoms with van der Waals surface area (Å²) in [6, 6.07) is 2.76. The summed E-state index contributed by atoms with van der Waals surface area (Å²) in [5.74, 6) is 0.790. The van der Waals surface area contributed by atoms with Crippen molar-refractivity contribution in [3.63, 3.8) is 0 Å². The van der Waals surface area contributed by atoms with Gasteiger partial charge in [0.25, 0.3) is 0 Å². The molecule has 106 valence electrons. The molecule has 1 aliphatic rings. The van der Waals surface area contributed by atoms with Crippen LogP contribution in [0.25, 0.3) is 0 Å². The zero-order chi connectivity index (χ0) is 13.9. The van der Waals surface area contributed by atoms with E-state index in [2.05, 4.69) is 44.1 Å². The Kier molecular flexibility index (Phi) is 4.62. The van der Waals surface area contributed by atoms with Crippen molar-refractivity contribution in [1.29, 1.82) is 0 Å². The Hall–Kier alpha value is -0.890. The van der Waals surface area contributed by atoms with Crippen LogP contribution in [-0.4, -0.2) is 11.0 Å². The molecule has 1 N–H and O–H groups in total. The Bertz CT molecular complexity index is 406. The molecule has 1 fully saturated rings. The van der Waals surface area contributed by atoms with Crippen molar-refractivity contribution in [2.24, 2.45) is 11.3 Å². The topological polar surface area (TPSA) is 24.9 Å². The molecule has 0 amide bonds. The van der Waals surface area contributed by atoms with Gasteiger partial charge in [0.05, 0.1) is 0 Å². The first-order valence-electron chi connectivity index (χ1n) is 7.61. The Morgan fingerprint density at radius 2 is 2.00 bits per heavy atom. The molecular formula is C17H28N2. The molecule has 1 saturated carbocycles. The van der Waals surface area contributed by atoms with E-state index in [0.717, 1.165) is 12.5 Å². The van der Waals surface area contributed by atoms with Crippen LogP contribution in [0.5, 0.6) is 0 Å². The van der Waals surface area contributed by atoms with Crippen LogP contribution in [0.3, 0.4) is 0 Å². The Labute approximate surface area is 118 Å². The summed E-state index contributed by atoms with van der Waals surface area (Å²) in [6.07, 6.45) is 9.32. The van der Waals surface area contributed by atoms with Crippen molar-refractivity contribution in [3.05, 3.63) is 29.6 Å². The summed E-state index contributed by atoms with van der Waals surface area (Å²) in [4.78, 5) is 4.24. The minimum Gasteiger partial charge on any atom is -0.310 e. The van der Waals surface area contributed by atoms with E-state index in [0.29, 0.717) is 11.5 Å². The van der Waals surface area contributed by atoms with Crippen LogP contribution in [0.4, 0.5) is 0 Å². The minimum atomic E-state index is 0.405. The van der Waals surface area contributed by atoms with Crippen molar-refractivity contribution in [2.45, 2.75) is 66.0 Å². The Morgan fingerprint density at radius 1 is 1.26 bits per heavy atom. The number of hydrogen-bond donors (Lipinski definition) is 1. The Balaban J connectivity index is 1.99. The highest BCUT2D eigenvalue weighted by Crippen LogP contribution is 2.38. The van der Waals surface area contributed by atoms with Crippen LogP contribution in [0.1, 0.15) is 57.6 Å². The average Bonchev–Trinajstić information content (AvgIpc) is 2.37. The van der Waals surface area contributed by atoms with Crippen LogP contribution >= 0.6 is 0 Å². The van der Waals surface area contributed by atoms with Gasteiger partial charge in [-0.25, -0.2) is 0 Å². The fourth-order valence-electron chi connectivity index (χ4n) is 3.33. The molecule has 0 aliphatic heterocycles. The van der Waals surface area contributed by atoms with Gasteiger partial charge < -0.3 is 5.32 Å². The third-order valence-electron chi connectivity index (χ3n) is 4.58. The summed E-state index contributed by atoms with van der Waals surface area (Å²) in [5.41, 5.74) is 3.08. The van der Waals surface area contributed by atoms with Gasteiger partial charge in [0, 0.05) is 25.0 Å². The molecule has 0 aromatic carbocycles. The van der Waals surface area contributed by atoms with E-state index in [9.17, 15) is 0 Å². The van der Waals surface area contributed by atoms with E-state index >= 15 is 0 Å². The lowest BCUT2D eigenvalue weighted by atomic mass is 9.69. The van der Waals surface area contributed by atoms with Gasteiger partial charge in [0.2, 0.25) is 0 Å². The monoisotopic (exact) mass is 260 g/mol. The summed E-state index contributed by atoms with van der Waals surface area (Å²) >= 11 is 0. The Morgan fingerprint density at radius 3 is 2.68 bits per heavy atom. The quantitative estimate of drug-likeness (QED) is 0.885. The molecule has 2 unspecified atom stereocenters. The molecule has 19 heavy (non-hydrogen) atoms. The van der Waals surface area contributed by atoms with Gasteiger partial charge in [-0.2, -0.15) is 0 Å². The molecule has 0 saturated heterocycles. The number of nitrogens with one attached hydrogen (secondary N) is 1. The van der Waals surface area contributed by atoms with Crippen molar-refractivity contribution >= 4 is 0 Å². The zero-order valence-corrected chi connectivity index (χ0v) is 12.9. The second-order valence-corrected chi connectivity index (χ2v) is 7.05. The summed E-state index contributed by atoms with van der Waals surface area (Å²) in [5, 5.41) is 3.80. The normalized spacial score (nSPS) is 24.4. The largest absolute Gasteiger partial charge is 0.310 e. The molecule has 1 heterocycles. The van der Waals surface area contributed by atoms with Crippen LogP contribution in [0.2, 0.25) is 0 Å².